The predicted molar refractivity (Wildman–Crippen MR) is 168 cm³/mol. The number of aliphatic hydroxyl groups excluding tert-OH is 1. The molecular weight excluding hydrogens is 590 g/mol. The Hall–Kier alpha value is -3.66. The van der Waals surface area contributed by atoms with Crippen molar-refractivity contribution in [2.24, 2.45) is 0 Å². The molecule has 4 aromatic rings. The predicted octanol–water partition coefficient (Wildman–Crippen LogP) is 7.99. The van der Waals surface area contributed by atoms with E-state index in [-0.39, 0.29) is 16.5 Å². The molecule has 1 amide bonds. The van der Waals surface area contributed by atoms with Gasteiger partial charge in [0.25, 0.3) is 5.78 Å². The van der Waals surface area contributed by atoms with E-state index in [2.05, 4.69) is 41.4 Å². The van der Waals surface area contributed by atoms with Gasteiger partial charge in [0.2, 0.25) is 5.13 Å². The fraction of sp³-hybridized carbons (Fsp3) is 0.250. The van der Waals surface area contributed by atoms with Crippen molar-refractivity contribution in [2.45, 2.75) is 49.2 Å². The summed E-state index contributed by atoms with van der Waals surface area (Å²) < 4.78 is 6.64. The van der Waals surface area contributed by atoms with Gasteiger partial charge < -0.3 is 9.84 Å². The van der Waals surface area contributed by atoms with Crippen LogP contribution in [0.15, 0.2) is 82.7 Å². The first kappa shape index (κ1) is 29.8. The maximum atomic E-state index is 13.5. The third kappa shape index (κ3) is 6.69. The molecule has 3 aromatic carbocycles. The normalized spacial score (nSPS) is 16.3. The Balaban J connectivity index is 1.51. The van der Waals surface area contributed by atoms with Crippen molar-refractivity contribution in [2.75, 3.05) is 11.5 Å². The topological polar surface area (TPSA) is 92.6 Å². The second kappa shape index (κ2) is 13.5. The number of aryl methyl sites for hydroxylation is 1. The van der Waals surface area contributed by atoms with Crippen LogP contribution >= 0.6 is 34.7 Å². The van der Waals surface area contributed by atoms with Crippen LogP contribution in [-0.4, -0.2) is 33.6 Å². The van der Waals surface area contributed by atoms with Crippen LogP contribution in [-0.2, 0) is 15.3 Å². The number of Topliss-reactive ketones (excluding diaryl/α,β-unsaturated/α-hetero) is 1. The van der Waals surface area contributed by atoms with Crippen molar-refractivity contribution in [1.29, 1.82) is 0 Å². The van der Waals surface area contributed by atoms with Crippen LogP contribution in [0.2, 0.25) is 5.02 Å². The zero-order valence-electron chi connectivity index (χ0n) is 23.2. The van der Waals surface area contributed by atoms with E-state index in [0.717, 1.165) is 24.8 Å². The van der Waals surface area contributed by atoms with Gasteiger partial charge in [0.15, 0.2) is 4.34 Å². The summed E-state index contributed by atoms with van der Waals surface area (Å²) in [7, 11) is 0. The zero-order valence-corrected chi connectivity index (χ0v) is 25.6. The number of rotatable bonds is 11. The summed E-state index contributed by atoms with van der Waals surface area (Å²) in [5.41, 5.74) is 3.28. The number of benzene rings is 3. The number of hydrogen-bond acceptors (Lipinski definition) is 8. The number of carbonyl (C=O) groups excluding carboxylic acids is 2. The number of nitrogens with zero attached hydrogens (tertiary/aromatic N) is 3. The van der Waals surface area contributed by atoms with Gasteiger partial charge in [-0.05, 0) is 60.9 Å². The van der Waals surface area contributed by atoms with Crippen molar-refractivity contribution in [3.05, 3.63) is 106 Å². The number of aliphatic hydroxyl groups is 1. The number of anilines is 1. The molecule has 0 bridgehead atoms. The minimum atomic E-state index is -0.928. The highest BCUT2D eigenvalue weighted by Gasteiger charge is 2.48. The summed E-state index contributed by atoms with van der Waals surface area (Å²) in [6, 6.07) is 21.1. The molecule has 0 aliphatic carbocycles. The van der Waals surface area contributed by atoms with Gasteiger partial charge >= 0.3 is 5.91 Å². The first-order valence-electron chi connectivity index (χ1n) is 13.7. The summed E-state index contributed by atoms with van der Waals surface area (Å²) in [4.78, 5) is 28.4. The van der Waals surface area contributed by atoms with Crippen LogP contribution in [0.4, 0.5) is 5.13 Å². The van der Waals surface area contributed by atoms with E-state index in [9.17, 15) is 14.7 Å². The van der Waals surface area contributed by atoms with Crippen molar-refractivity contribution < 1.29 is 19.4 Å². The molecule has 2 heterocycles. The fourth-order valence-corrected chi connectivity index (χ4v) is 6.56. The molecule has 1 aliphatic heterocycles. The molecule has 1 aliphatic rings. The number of thioether (sulfide) groups is 1. The van der Waals surface area contributed by atoms with Crippen LogP contribution in [0.5, 0.6) is 5.75 Å². The molecule has 1 saturated heterocycles. The average Bonchev–Trinajstić information content (AvgIpc) is 3.57. The van der Waals surface area contributed by atoms with Crippen LogP contribution in [0.3, 0.4) is 0 Å². The zero-order chi connectivity index (χ0) is 29.6. The Labute approximate surface area is 258 Å². The number of hydrogen-bond donors (Lipinski definition) is 1. The van der Waals surface area contributed by atoms with Crippen LogP contribution in [0, 0.1) is 6.92 Å². The summed E-state index contributed by atoms with van der Waals surface area (Å²) >= 11 is 8.79. The number of unbranched alkanes of at least 4 members (excludes halogenated alkanes) is 2. The molecule has 5 rings (SSSR count). The van der Waals surface area contributed by atoms with E-state index >= 15 is 0 Å². The van der Waals surface area contributed by atoms with Gasteiger partial charge in [-0.3, -0.25) is 14.5 Å². The van der Waals surface area contributed by atoms with Crippen molar-refractivity contribution in [3.8, 4) is 5.75 Å². The first-order valence-corrected chi connectivity index (χ1v) is 15.8. The molecule has 0 radical (unpaired) electrons. The highest BCUT2D eigenvalue weighted by molar-refractivity contribution is 8.00. The summed E-state index contributed by atoms with van der Waals surface area (Å²) in [5, 5.41) is 20.7. The molecular formula is C32H30ClN3O4S2. The monoisotopic (exact) mass is 619 g/mol. The fourth-order valence-electron chi connectivity index (χ4n) is 4.61. The van der Waals surface area contributed by atoms with Gasteiger partial charge in [-0.1, -0.05) is 96.4 Å². The molecule has 1 unspecified atom stereocenters. The van der Waals surface area contributed by atoms with Crippen LogP contribution in [0.1, 0.15) is 54.5 Å². The molecule has 1 atom stereocenters. The lowest BCUT2D eigenvalue weighted by Crippen LogP contribution is -2.29. The SMILES string of the molecule is CCCCCOc1cccc(C2/C(=C(\O)c3ccc(Cl)cc3)C(=O)C(=O)N2c2nnc(SCc3ccc(C)cc3)s2)c1. The number of halogens is 1. The number of ether oxygens (including phenoxy) is 1. The third-order valence-corrected chi connectivity index (χ3v) is 9.22. The van der Waals surface area contributed by atoms with Crippen molar-refractivity contribution in [1.82, 2.24) is 10.2 Å². The number of carbonyl (C=O) groups is 2. The van der Waals surface area contributed by atoms with Crippen molar-refractivity contribution >= 4 is 57.3 Å². The summed E-state index contributed by atoms with van der Waals surface area (Å²) in [5.74, 6) is -0.565. The number of amides is 1. The largest absolute Gasteiger partial charge is 0.507 e. The van der Waals surface area contributed by atoms with E-state index in [1.54, 1.807) is 30.3 Å². The molecule has 7 nitrogen and oxygen atoms in total. The summed E-state index contributed by atoms with van der Waals surface area (Å²) in [6.07, 6.45) is 3.06. The third-order valence-electron chi connectivity index (χ3n) is 6.84. The Morgan fingerprint density at radius 3 is 2.55 bits per heavy atom. The Bertz CT molecular complexity index is 1600. The van der Waals surface area contributed by atoms with Gasteiger partial charge in [0.1, 0.15) is 11.5 Å². The minimum absolute atomic E-state index is 0.0329. The lowest BCUT2D eigenvalue weighted by Gasteiger charge is -2.23. The highest BCUT2D eigenvalue weighted by atomic mass is 35.5. The molecule has 0 spiro atoms. The van der Waals surface area contributed by atoms with Gasteiger partial charge in [0, 0.05) is 16.3 Å². The molecule has 216 valence electrons. The van der Waals surface area contributed by atoms with Crippen molar-refractivity contribution in [3.63, 3.8) is 0 Å². The lowest BCUT2D eigenvalue weighted by molar-refractivity contribution is -0.132. The van der Waals surface area contributed by atoms with E-state index in [0.29, 0.717) is 38.6 Å². The molecule has 1 fully saturated rings. The number of ketones is 1. The summed E-state index contributed by atoms with van der Waals surface area (Å²) in [6.45, 7) is 4.73. The minimum Gasteiger partial charge on any atom is -0.507 e. The first-order chi connectivity index (χ1) is 20.4. The molecule has 1 N–H and O–H groups in total. The molecule has 0 saturated carbocycles. The van der Waals surface area contributed by atoms with E-state index < -0.39 is 17.7 Å². The van der Waals surface area contributed by atoms with Crippen LogP contribution in [0.25, 0.3) is 5.76 Å². The molecule has 1 aromatic heterocycles. The lowest BCUT2D eigenvalue weighted by atomic mass is 9.95. The van der Waals surface area contributed by atoms with Gasteiger partial charge in [-0.15, -0.1) is 10.2 Å². The second-order valence-electron chi connectivity index (χ2n) is 9.93. The Kier molecular flexibility index (Phi) is 9.62. The number of aromatic nitrogens is 2. The Morgan fingerprint density at radius 2 is 1.81 bits per heavy atom. The van der Waals surface area contributed by atoms with Crippen LogP contribution < -0.4 is 9.64 Å². The molecule has 10 heteroatoms. The van der Waals surface area contributed by atoms with Gasteiger partial charge in [-0.2, -0.15) is 0 Å². The Morgan fingerprint density at radius 1 is 1.05 bits per heavy atom. The highest BCUT2D eigenvalue weighted by Crippen LogP contribution is 2.44. The van der Waals surface area contributed by atoms with E-state index in [1.165, 1.54) is 33.6 Å². The molecule has 42 heavy (non-hydrogen) atoms. The maximum absolute atomic E-state index is 13.5. The smallest absolute Gasteiger partial charge is 0.301 e. The standard InChI is InChI=1S/C32H30ClN3O4S2/c1-3-4-5-17-40-25-8-6-7-23(18-25)27-26(28(37)22-13-15-24(33)16-14-22)29(38)30(39)36(27)31-34-35-32(42-31)41-19-21-11-9-20(2)10-12-21/h6-16,18,27,37H,3-5,17,19H2,1-2H3/b28-26+. The quantitative estimate of drug-likeness (QED) is 0.0454. The average molecular weight is 620 g/mol. The van der Waals surface area contributed by atoms with Gasteiger partial charge in [0.05, 0.1) is 18.2 Å². The van der Waals surface area contributed by atoms with E-state index in [4.69, 9.17) is 16.3 Å². The second-order valence-corrected chi connectivity index (χ2v) is 12.5. The van der Waals surface area contributed by atoms with Gasteiger partial charge in [-0.25, -0.2) is 0 Å². The van der Waals surface area contributed by atoms with E-state index in [1.807, 2.05) is 25.1 Å². The maximum Gasteiger partial charge on any atom is 0.301 e.